The minimum absolute atomic E-state index is 0.132. The van der Waals surface area contributed by atoms with Gasteiger partial charge in [-0.2, -0.15) is 0 Å². The van der Waals surface area contributed by atoms with Crippen molar-refractivity contribution in [1.29, 1.82) is 0 Å². The van der Waals surface area contributed by atoms with Crippen LogP contribution in [-0.2, 0) is 14.3 Å². The maximum absolute atomic E-state index is 13.1. The van der Waals surface area contributed by atoms with Crippen molar-refractivity contribution >= 4 is 5.91 Å². The van der Waals surface area contributed by atoms with Crippen LogP contribution in [0.5, 0.6) is 0 Å². The third-order valence-electron chi connectivity index (χ3n) is 16.4. The van der Waals surface area contributed by atoms with E-state index in [2.05, 4.69) is 31.3 Å². The maximum atomic E-state index is 13.1. The van der Waals surface area contributed by atoms with Gasteiger partial charge >= 0.3 is 0 Å². The van der Waals surface area contributed by atoms with Gasteiger partial charge in [0.1, 0.15) is 24.4 Å². The summed E-state index contributed by atoms with van der Waals surface area (Å²) in [5.41, 5.74) is 0. The van der Waals surface area contributed by atoms with Crippen LogP contribution in [0.3, 0.4) is 0 Å². The maximum Gasteiger partial charge on any atom is 0.220 e. The molecule has 9 nitrogen and oxygen atoms in total. The van der Waals surface area contributed by atoms with Gasteiger partial charge in [0, 0.05) is 6.42 Å². The lowest BCUT2D eigenvalue weighted by Crippen LogP contribution is -2.60. The van der Waals surface area contributed by atoms with Crippen molar-refractivity contribution in [2.45, 2.75) is 391 Å². The van der Waals surface area contributed by atoms with Gasteiger partial charge in [-0.15, -0.1) is 0 Å². The van der Waals surface area contributed by atoms with E-state index < -0.39 is 49.5 Å². The van der Waals surface area contributed by atoms with E-state index in [9.17, 15) is 30.3 Å². The van der Waals surface area contributed by atoms with Gasteiger partial charge in [0.15, 0.2) is 6.29 Å². The Kier molecular flexibility index (Phi) is 53.9. The molecule has 6 N–H and O–H groups in total. The number of hydrogen-bond acceptors (Lipinski definition) is 8. The fourth-order valence-electron chi connectivity index (χ4n) is 11.1. The summed E-state index contributed by atoms with van der Waals surface area (Å²) in [7, 11) is 0. The minimum Gasteiger partial charge on any atom is -0.394 e. The molecule has 1 heterocycles. The first kappa shape index (κ1) is 71.9. The summed E-state index contributed by atoms with van der Waals surface area (Å²) in [6, 6.07) is -0.715. The number of allylic oxidation sites excluding steroid dienone is 2. The zero-order chi connectivity index (χ0) is 54.3. The molecule has 7 atom stereocenters. The van der Waals surface area contributed by atoms with Crippen LogP contribution in [0.15, 0.2) is 12.2 Å². The minimum atomic E-state index is -1.55. The standard InChI is InChI=1S/C66H129NO8/c1-3-5-7-9-11-13-15-17-19-20-21-22-23-24-25-26-27-28-29-30-31-32-33-34-35-36-37-38-39-40-42-44-46-48-50-52-54-56-62(70)67-59(58-74-66-65(73)64(72)63(71)61(57-68)75-66)60(69)55-53-51-49-47-45-43-41-18-16-14-12-10-8-6-4-2/h20-21,59-61,63-66,68-69,71-73H,3-19,22-58H2,1-2H3,(H,67,70)/b21-20-. The van der Waals surface area contributed by atoms with E-state index in [1.807, 2.05) is 0 Å². The van der Waals surface area contributed by atoms with Crippen LogP contribution >= 0.6 is 0 Å². The molecule has 1 amide bonds. The summed E-state index contributed by atoms with van der Waals surface area (Å²) >= 11 is 0. The molecular formula is C66H129NO8. The Morgan fingerprint density at radius 1 is 0.440 bits per heavy atom. The molecule has 0 aliphatic carbocycles. The molecule has 1 aliphatic heterocycles. The number of hydrogen-bond donors (Lipinski definition) is 6. The van der Waals surface area contributed by atoms with Crippen molar-refractivity contribution < 1.29 is 39.8 Å². The van der Waals surface area contributed by atoms with Crippen LogP contribution in [-0.4, -0.2) is 87.5 Å². The molecule has 0 radical (unpaired) electrons. The molecule has 1 aliphatic rings. The van der Waals surface area contributed by atoms with Gasteiger partial charge in [0.2, 0.25) is 5.91 Å². The van der Waals surface area contributed by atoms with E-state index >= 15 is 0 Å². The fraction of sp³-hybridized carbons (Fsp3) is 0.955. The Labute approximate surface area is 465 Å². The topological polar surface area (TPSA) is 149 Å². The quantitative estimate of drug-likeness (QED) is 0.0261. The van der Waals surface area contributed by atoms with Gasteiger partial charge < -0.3 is 40.3 Å². The number of aliphatic hydroxyl groups is 5. The summed E-state index contributed by atoms with van der Waals surface area (Å²) in [5.74, 6) is -0.136. The lowest BCUT2D eigenvalue weighted by molar-refractivity contribution is -0.302. The van der Waals surface area contributed by atoms with E-state index in [1.54, 1.807) is 0 Å². The third-order valence-corrected chi connectivity index (χ3v) is 16.4. The number of carbonyl (C=O) groups is 1. The van der Waals surface area contributed by atoms with Crippen LogP contribution in [0.1, 0.15) is 348 Å². The molecule has 0 bridgehead atoms. The van der Waals surface area contributed by atoms with Gasteiger partial charge in [-0.05, 0) is 38.5 Å². The molecule has 0 aromatic carbocycles. The summed E-state index contributed by atoms with van der Waals surface area (Å²) in [4.78, 5) is 13.1. The average molecular weight is 1060 g/mol. The average Bonchev–Trinajstić information content (AvgIpc) is 3.41. The molecule has 0 saturated carbocycles. The van der Waals surface area contributed by atoms with Crippen LogP contribution in [0.25, 0.3) is 0 Å². The predicted molar refractivity (Wildman–Crippen MR) is 318 cm³/mol. The van der Waals surface area contributed by atoms with Crippen LogP contribution in [0.2, 0.25) is 0 Å². The lowest BCUT2D eigenvalue weighted by Gasteiger charge is -2.40. The zero-order valence-corrected chi connectivity index (χ0v) is 49.8. The largest absolute Gasteiger partial charge is 0.394 e. The second kappa shape index (κ2) is 56.2. The Morgan fingerprint density at radius 3 is 1.08 bits per heavy atom. The number of carbonyl (C=O) groups excluding carboxylic acids is 1. The first-order chi connectivity index (χ1) is 36.8. The highest BCUT2D eigenvalue weighted by Gasteiger charge is 2.44. The van der Waals surface area contributed by atoms with Crippen molar-refractivity contribution in [3.8, 4) is 0 Å². The van der Waals surface area contributed by atoms with Crippen LogP contribution in [0, 0.1) is 0 Å². The van der Waals surface area contributed by atoms with Gasteiger partial charge in [-0.25, -0.2) is 0 Å². The molecule has 446 valence electrons. The van der Waals surface area contributed by atoms with E-state index in [0.29, 0.717) is 12.8 Å². The Hall–Kier alpha value is -1.07. The number of amides is 1. The second-order valence-corrected chi connectivity index (χ2v) is 23.6. The van der Waals surface area contributed by atoms with E-state index in [1.165, 1.54) is 283 Å². The number of ether oxygens (including phenoxy) is 2. The third kappa shape index (κ3) is 45.4. The Morgan fingerprint density at radius 2 is 0.747 bits per heavy atom. The highest BCUT2D eigenvalue weighted by atomic mass is 16.7. The second-order valence-electron chi connectivity index (χ2n) is 23.6. The summed E-state index contributed by atoms with van der Waals surface area (Å²) < 4.78 is 11.3. The molecule has 1 saturated heterocycles. The number of nitrogens with one attached hydrogen (secondary N) is 1. The Balaban J connectivity index is 2.03. The first-order valence-corrected chi connectivity index (χ1v) is 33.4. The fourth-order valence-corrected chi connectivity index (χ4v) is 11.1. The predicted octanol–water partition coefficient (Wildman–Crippen LogP) is 17.5. The molecule has 0 aromatic rings. The lowest BCUT2D eigenvalue weighted by atomic mass is 9.99. The number of unbranched alkanes of at least 4 members (excludes halogenated alkanes) is 47. The van der Waals surface area contributed by atoms with Gasteiger partial charge in [0.05, 0.1) is 25.4 Å². The molecule has 1 rings (SSSR count). The van der Waals surface area contributed by atoms with Crippen molar-refractivity contribution in [3.05, 3.63) is 12.2 Å². The van der Waals surface area contributed by atoms with Crippen molar-refractivity contribution in [1.82, 2.24) is 5.32 Å². The van der Waals surface area contributed by atoms with Crippen LogP contribution in [0.4, 0.5) is 0 Å². The van der Waals surface area contributed by atoms with Gasteiger partial charge in [0.25, 0.3) is 0 Å². The number of rotatable bonds is 59. The Bertz CT molecular complexity index is 1190. The molecule has 1 fully saturated rings. The van der Waals surface area contributed by atoms with Crippen molar-refractivity contribution in [3.63, 3.8) is 0 Å². The summed E-state index contributed by atoms with van der Waals surface area (Å²) in [6.07, 6.45) is 64.3. The SMILES string of the molecule is CCCCCCCCCC/C=C\CCCCCCCCCCCCCCCCCCCCCCCCCCCC(=O)NC(COC1OC(CO)C(O)C(O)C1O)C(O)CCCCCCCCCCCCCCCCC. The van der Waals surface area contributed by atoms with Gasteiger partial charge in [-0.3, -0.25) is 4.79 Å². The normalized spacial score (nSPS) is 18.8. The molecular weight excluding hydrogens is 935 g/mol. The monoisotopic (exact) mass is 1060 g/mol. The summed E-state index contributed by atoms with van der Waals surface area (Å²) in [5, 5.41) is 54.7. The summed E-state index contributed by atoms with van der Waals surface area (Å²) in [6.45, 7) is 3.88. The van der Waals surface area contributed by atoms with Crippen molar-refractivity contribution in [2.24, 2.45) is 0 Å². The molecule has 75 heavy (non-hydrogen) atoms. The van der Waals surface area contributed by atoms with E-state index in [4.69, 9.17) is 9.47 Å². The zero-order valence-electron chi connectivity index (χ0n) is 49.8. The molecule has 0 aromatic heterocycles. The molecule has 7 unspecified atom stereocenters. The van der Waals surface area contributed by atoms with E-state index in [0.717, 1.165) is 38.5 Å². The highest BCUT2D eigenvalue weighted by Crippen LogP contribution is 2.24. The first-order valence-electron chi connectivity index (χ1n) is 33.4. The smallest absolute Gasteiger partial charge is 0.220 e. The molecule has 9 heteroatoms. The van der Waals surface area contributed by atoms with Crippen LogP contribution < -0.4 is 5.32 Å². The highest BCUT2D eigenvalue weighted by molar-refractivity contribution is 5.76. The van der Waals surface area contributed by atoms with E-state index in [-0.39, 0.29) is 12.5 Å². The van der Waals surface area contributed by atoms with Crippen molar-refractivity contribution in [2.75, 3.05) is 13.2 Å². The number of aliphatic hydroxyl groups excluding tert-OH is 5. The van der Waals surface area contributed by atoms with Gasteiger partial charge in [-0.1, -0.05) is 315 Å². The molecule has 0 spiro atoms.